The fourth-order valence-electron chi connectivity index (χ4n) is 3.40. The Kier molecular flexibility index (Phi) is 8.52. The third kappa shape index (κ3) is 5.88. The average molecular weight is 553 g/mol. The summed E-state index contributed by atoms with van der Waals surface area (Å²) in [6.07, 6.45) is 0. The van der Waals surface area contributed by atoms with Gasteiger partial charge < -0.3 is 19.9 Å². The van der Waals surface area contributed by atoms with Gasteiger partial charge in [0.05, 0.1) is 12.1 Å². The van der Waals surface area contributed by atoms with Crippen molar-refractivity contribution < 1.29 is 4.74 Å². The van der Waals surface area contributed by atoms with Gasteiger partial charge >= 0.3 is 0 Å². The average Bonchev–Trinajstić information content (AvgIpc) is 3.49. The van der Waals surface area contributed by atoms with Crippen molar-refractivity contribution in [3.63, 3.8) is 0 Å². The number of nitrogens with one attached hydrogen (secondary N) is 2. The molecule has 1 saturated heterocycles. The fraction of sp³-hybridized carbons (Fsp3) is 0.381. The molecule has 1 aliphatic heterocycles. The van der Waals surface area contributed by atoms with Crippen molar-refractivity contribution in [3.05, 3.63) is 47.6 Å². The number of hydrogen-bond donors (Lipinski definition) is 2. The minimum atomic E-state index is 0. The molecule has 0 atom stereocenters. The van der Waals surface area contributed by atoms with Crippen molar-refractivity contribution in [2.75, 3.05) is 44.7 Å². The number of aliphatic imine (C=N–C) groups is 1. The minimum Gasteiger partial charge on any atom is -0.497 e. The van der Waals surface area contributed by atoms with E-state index in [9.17, 15) is 0 Å². The Morgan fingerprint density at radius 3 is 2.61 bits per heavy atom. The molecule has 0 saturated carbocycles. The molecule has 0 amide bonds. The summed E-state index contributed by atoms with van der Waals surface area (Å²) >= 11 is 1.79. The third-order valence-corrected chi connectivity index (χ3v) is 5.92. The number of aromatic nitrogens is 3. The minimum absolute atomic E-state index is 0. The number of nitrogens with zero attached hydrogens (tertiary/aromatic N) is 5. The molecular weight excluding hydrogens is 525 g/mol. The van der Waals surface area contributed by atoms with Crippen LogP contribution in [0.15, 0.2) is 46.8 Å². The smallest absolute Gasteiger partial charge is 0.194 e. The quantitative estimate of drug-likeness (QED) is 0.277. The van der Waals surface area contributed by atoms with Crippen LogP contribution in [0.4, 0.5) is 5.00 Å². The molecule has 1 aromatic carbocycles. The second-order valence-electron chi connectivity index (χ2n) is 6.93. The maximum absolute atomic E-state index is 5.20. The predicted octanol–water partition coefficient (Wildman–Crippen LogP) is 3.45. The Balaban J connectivity index is 0.00000272. The fourth-order valence-corrected chi connectivity index (χ4v) is 4.18. The van der Waals surface area contributed by atoms with Crippen LogP contribution in [0, 0.1) is 0 Å². The molecule has 0 bridgehead atoms. The summed E-state index contributed by atoms with van der Waals surface area (Å²) in [4.78, 5) is 14.1. The molecule has 31 heavy (non-hydrogen) atoms. The number of halogens is 1. The van der Waals surface area contributed by atoms with Crippen LogP contribution in [0.3, 0.4) is 0 Å². The summed E-state index contributed by atoms with van der Waals surface area (Å²) < 4.78 is 5.20. The zero-order valence-electron chi connectivity index (χ0n) is 17.7. The number of H-pyrrole nitrogens is 1. The molecule has 3 heterocycles. The number of benzene rings is 1. The second-order valence-corrected chi connectivity index (χ2v) is 7.86. The van der Waals surface area contributed by atoms with Crippen molar-refractivity contribution in [2.45, 2.75) is 13.5 Å². The number of thiophene rings is 1. The first-order chi connectivity index (χ1) is 14.8. The number of ether oxygens (including phenoxy) is 1. The Hall–Kier alpha value is -2.34. The molecule has 0 spiro atoms. The van der Waals surface area contributed by atoms with Gasteiger partial charge in [0, 0.05) is 38.3 Å². The maximum atomic E-state index is 5.20. The lowest BCUT2D eigenvalue weighted by atomic mass is 10.2. The van der Waals surface area contributed by atoms with Crippen molar-refractivity contribution >= 4 is 46.3 Å². The van der Waals surface area contributed by atoms with Gasteiger partial charge in [0.15, 0.2) is 11.8 Å². The Bertz CT molecular complexity index is 951. The summed E-state index contributed by atoms with van der Waals surface area (Å²) in [5.41, 5.74) is 0.943. The van der Waals surface area contributed by atoms with Gasteiger partial charge in [-0.2, -0.15) is 5.10 Å². The standard InChI is InChI=1S/C21H27N7OS.HI/c1-3-22-21(28-12-10-27(11-13-28)19-5-4-14-30-19)23-15-18-24-20(26-25-18)16-6-8-17(29-2)9-7-16;/h4-9,14H,3,10-13,15H2,1-2H3,(H,22,23)(H,24,25,26);1H. The lowest BCUT2D eigenvalue weighted by Crippen LogP contribution is -2.52. The van der Waals surface area contributed by atoms with Crippen LogP contribution < -0.4 is 15.0 Å². The summed E-state index contributed by atoms with van der Waals surface area (Å²) in [7, 11) is 1.65. The van der Waals surface area contributed by atoms with Gasteiger partial charge in [0.2, 0.25) is 0 Å². The van der Waals surface area contributed by atoms with Gasteiger partial charge in [-0.25, -0.2) is 9.98 Å². The molecule has 4 rings (SSSR count). The van der Waals surface area contributed by atoms with Crippen molar-refractivity contribution in [1.82, 2.24) is 25.4 Å². The zero-order chi connectivity index (χ0) is 20.8. The van der Waals surface area contributed by atoms with Crippen LogP contribution >= 0.6 is 35.3 Å². The third-order valence-electron chi connectivity index (χ3n) is 4.99. The number of guanidine groups is 1. The summed E-state index contributed by atoms with van der Waals surface area (Å²) in [5, 5.41) is 14.2. The van der Waals surface area contributed by atoms with Gasteiger partial charge in [0.1, 0.15) is 18.1 Å². The maximum Gasteiger partial charge on any atom is 0.194 e. The predicted molar refractivity (Wildman–Crippen MR) is 137 cm³/mol. The molecule has 0 aliphatic carbocycles. The zero-order valence-corrected chi connectivity index (χ0v) is 20.9. The van der Waals surface area contributed by atoms with Crippen molar-refractivity contribution in [3.8, 4) is 17.1 Å². The molecular formula is C21H28IN7OS. The highest BCUT2D eigenvalue weighted by Crippen LogP contribution is 2.22. The second kappa shape index (κ2) is 11.3. The van der Waals surface area contributed by atoms with E-state index in [0.717, 1.165) is 55.8 Å². The van der Waals surface area contributed by atoms with Crippen LogP contribution in [0.5, 0.6) is 5.75 Å². The summed E-state index contributed by atoms with van der Waals surface area (Å²) in [5.74, 6) is 3.14. The van der Waals surface area contributed by atoms with Gasteiger partial charge in [-0.1, -0.05) is 0 Å². The van der Waals surface area contributed by atoms with E-state index in [2.05, 4.69) is 54.7 Å². The molecule has 0 unspecified atom stereocenters. The van der Waals surface area contributed by atoms with Crippen LogP contribution in [0.2, 0.25) is 0 Å². The van der Waals surface area contributed by atoms with E-state index in [1.54, 1.807) is 18.4 Å². The summed E-state index contributed by atoms with van der Waals surface area (Å²) in [6.45, 7) is 7.25. The van der Waals surface area contributed by atoms with Gasteiger partial charge in [0.25, 0.3) is 0 Å². The monoisotopic (exact) mass is 553 g/mol. The number of methoxy groups -OCH3 is 1. The Morgan fingerprint density at radius 2 is 1.97 bits per heavy atom. The number of aromatic amines is 1. The van der Waals surface area contributed by atoms with E-state index in [4.69, 9.17) is 9.73 Å². The van der Waals surface area contributed by atoms with E-state index < -0.39 is 0 Å². The molecule has 8 nitrogen and oxygen atoms in total. The molecule has 10 heteroatoms. The topological polar surface area (TPSA) is 81.7 Å². The highest BCUT2D eigenvalue weighted by atomic mass is 127. The van der Waals surface area contributed by atoms with E-state index in [0.29, 0.717) is 12.4 Å². The highest BCUT2D eigenvalue weighted by molar-refractivity contribution is 14.0. The van der Waals surface area contributed by atoms with E-state index >= 15 is 0 Å². The van der Waals surface area contributed by atoms with Gasteiger partial charge in [-0.05, 0) is 48.7 Å². The number of piperazine rings is 1. The lowest BCUT2D eigenvalue weighted by Gasteiger charge is -2.37. The molecule has 1 aliphatic rings. The normalized spacial score (nSPS) is 14.3. The number of rotatable bonds is 6. The Labute approximate surface area is 203 Å². The molecule has 1 fully saturated rings. The van der Waals surface area contributed by atoms with Crippen LogP contribution in [0.1, 0.15) is 12.7 Å². The molecule has 2 aromatic heterocycles. The number of hydrogen-bond acceptors (Lipinski definition) is 6. The van der Waals surface area contributed by atoms with E-state index in [-0.39, 0.29) is 24.0 Å². The molecule has 0 radical (unpaired) electrons. The van der Waals surface area contributed by atoms with Crippen molar-refractivity contribution in [1.29, 1.82) is 0 Å². The first-order valence-electron chi connectivity index (χ1n) is 10.1. The Morgan fingerprint density at radius 1 is 1.19 bits per heavy atom. The summed E-state index contributed by atoms with van der Waals surface area (Å²) in [6, 6.07) is 12.0. The molecule has 2 N–H and O–H groups in total. The largest absolute Gasteiger partial charge is 0.497 e. The first-order valence-corrected chi connectivity index (χ1v) is 11.0. The molecule has 3 aromatic rings. The van der Waals surface area contributed by atoms with Crippen LogP contribution in [0.25, 0.3) is 11.4 Å². The first kappa shape index (κ1) is 23.3. The van der Waals surface area contributed by atoms with Gasteiger partial charge in [-0.3, -0.25) is 5.10 Å². The number of anilines is 1. The molecule has 166 valence electrons. The van der Waals surface area contributed by atoms with E-state index in [1.165, 1.54) is 5.00 Å². The van der Waals surface area contributed by atoms with Crippen molar-refractivity contribution in [2.24, 2.45) is 4.99 Å². The lowest BCUT2D eigenvalue weighted by molar-refractivity contribution is 0.373. The van der Waals surface area contributed by atoms with Crippen LogP contribution in [-0.4, -0.2) is 65.9 Å². The SMILES string of the molecule is CCNC(=NCc1nc(-c2ccc(OC)cc2)n[nH]1)N1CCN(c2cccs2)CC1.I. The van der Waals surface area contributed by atoms with E-state index in [1.807, 2.05) is 24.3 Å². The highest BCUT2D eigenvalue weighted by Gasteiger charge is 2.20. The van der Waals surface area contributed by atoms with Gasteiger partial charge in [-0.15, -0.1) is 35.3 Å². The van der Waals surface area contributed by atoms with Crippen LogP contribution in [-0.2, 0) is 6.54 Å².